The van der Waals surface area contributed by atoms with Crippen molar-refractivity contribution < 1.29 is 9.13 Å². The van der Waals surface area contributed by atoms with Crippen LogP contribution >= 0.6 is 15.9 Å². The van der Waals surface area contributed by atoms with E-state index in [1.54, 1.807) is 0 Å². The van der Waals surface area contributed by atoms with E-state index in [1.807, 2.05) is 31.2 Å². The average Bonchev–Trinajstić information content (AvgIpc) is 2.31. The van der Waals surface area contributed by atoms with E-state index in [0.717, 1.165) is 21.2 Å². The van der Waals surface area contributed by atoms with E-state index in [1.165, 1.54) is 19.2 Å². The Morgan fingerprint density at radius 2 is 1.94 bits per heavy atom. The predicted octanol–water partition coefficient (Wildman–Crippen LogP) is 4.57. The Kier molecular flexibility index (Phi) is 3.48. The molecule has 0 radical (unpaired) electrons. The summed E-state index contributed by atoms with van der Waals surface area (Å²) in [7, 11) is 1.53. The fraction of sp³-hybridized carbons (Fsp3) is 0.143. The minimum absolute atomic E-state index is 0.293. The van der Waals surface area contributed by atoms with Crippen LogP contribution in [0.4, 0.5) is 4.39 Å². The van der Waals surface area contributed by atoms with Crippen molar-refractivity contribution in [1.29, 1.82) is 0 Å². The van der Waals surface area contributed by atoms with Gasteiger partial charge in [-0.1, -0.05) is 28.1 Å². The molecule has 0 aromatic heterocycles. The number of benzene rings is 2. The molecule has 0 atom stereocenters. The van der Waals surface area contributed by atoms with E-state index in [9.17, 15) is 4.39 Å². The van der Waals surface area contributed by atoms with Crippen LogP contribution in [0.25, 0.3) is 11.1 Å². The van der Waals surface area contributed by atoms with Gasteiger partial charge in [-0.2, -0.15) is 0 Å². The van der Waals surface area contributed by atoms with E-state index in [2.05, 4.69) is 15.9 Å². The summed E-state index contributed by atoms with van der Waals surface area (Å²) >= 11 is 3.47. The molecule has 2 aromatic carbocycles. The van der Waals surface area contributed by atoms with Crippen LogP contribution in [0.5, 0.6) is 5.75 Å². The summed E-state index contributed by atoms with van der Waals surface area (Å²) in [5.74, 6) is 0.234. The Bertz CT molecular complexity index is 552. The second-order valence-electron chi connectivity index (χ2n) is 3.79. The van der Waals surface area contributed by atoms with Crippen LogP contribution in [0.2, 0.25) is 0 Å². The molecular weight excluding hydrogens is 283 g/mol. The van der Waals surface area contributed by atoms with Crippen molar-refractivity contribution in [3.63, 3.8) is 0 Å². The number of ether oxygens (including phenoxy) is 1. The molecule has 0 N–H and O–H groups in total. The average molecular weight is 295 g/mol. The number of hydrogen-bond donors (Lipinski definition) is 0. The minimum Gasteiger partial charge on any atom is -0.497 e. The molecule has 2 rings (SSSR count). The van der Waals surface area contributed by atoms with Crippen LogP contribution in [-0.4, -0.2) is 7.11 Å². The van der Waals surface area contributed by atoms with Crippen LogP contribution in [0, 0.1) is 12.7 Å². The summed E-state index contributed by atoms with van der Waals surface area (Å²) in [5, 5.41) is 0. The van der Waals surface area contributed by atoms with E-state index in [4.69, 9.17) is 4.74 Å². The fourth-order valence-electron chi connectivity index (χ4n) is 1.76. The largest absolute Gasteiger partial charge is 0.497 e. The highest BCUT2D eigenvalue weighted by Gasteiger charge is 2.07. The zero-order valence-electron chi connectivity index (χ0n) is 9.63. The first kappa shape index (κ1) is 12.1. The molecule has 3 heteroatoms. The van der Waals surface area contributed by atoms with E-state index in [0.29, 0.717) is 5.75 Å². The van der Waals surface area contributed by atoms with Gasteiger partial charge in [0.25, 0.3) is 0 Å². The molecule has 0 saturated heterocycles. The van der Waals surface area contributed by atoms with Crippen LogP contribution in [0.3, 0.4) is 0 Å². The summed E-state index contributed by atoms with van der Waals surface area (Å²) in [6.45, 7) is 2.00. The molecule has 88 valence electrons. The molecular formula is C14H12BrFO. The fourth-order valence-corrected chi connectivity index (χ4v) is 2.12. The Morgan fingerprint density at radius 1 is 1.18 bits per heavy atom. The zero-order valence-corrected chi connectivity index (χ0v) is 11.2. The van der Waals surface area contributed by atoms with Crippen LogP contribution in [0.1, 0.15) is 5.56 Å². The van der Waals surface area contributed by atoms with Crippen molar-refractivity contribution in [2.24, 2.45) is 0 Å². The highest BCUT2D eigenvalue weighted by Crippen LogP contribution is 2.31. The maximum Gasteiger partial charge on any atom is 0.127 e. The lowest BCUT2D eigenvalue weighted by atomic mass is 10.0. The molecule has 1 nitrogen and oxygen atoms in total. The summed E-state index contributed by atoms with van der Waals surface area (Å²) in [5.41, 5.74) is 2.90. The summed E-state index contributed by atoms with van der Waals surface area (Å²) in [6, 6.07) is 10.6. The standard InChI is InChI=1S/C14H12BrFO/c1-9-13(4-3-5-14(9)15)10-6-11(16)8-12(7-10)17-2/h3-8H,1-2H3. The molecule has 0 spiro atoms. The maximum atomic E-state index is 13.4. The van der Waals surface area contributed by atoms with Crippen molar-refractivity contribution in [3.8, 4) is 16.9 Å². The van der Waals surface area contributed by atoms with Gasteiger partial charge in [-0.15, -0.1) is 0 Å². The molecule has 2 aromatic rings. The van der Waals surface area contributed by atoms with Crippen LogP contribution in [0.15, 0.2) is 40.9 Å². The van der Waals surface area contributed by atoms with Crippen molar-refractivity contribution >= 4 is 15.9 Å². The first-order valence-electron chi connectivity index (χ1n) is 5.22. The van der Waals surface area contributed by atoms with E-state index >= 15 is 0 Å². The number of hydrogen-bond acceptors (Lipinski definition) is 1. The highest BCUT2D eigenvalue weighted by molar-refractivity contribution is 9.10. The SMILES string of the molecule is COc1cc(F)cc(-c2cccc(Br)c2C)c1. The molecule has 0 fully saturated rings. The first-order valence-corrected chi connectivity index (χ1v) is 6.01. The second-order valence-corrected chi connectivity index (χ2v) is 4.65. The summed E-state index contributed by atoms with van der Waals surface area (Å²) in [4.78, 5) is 0. The lowest BCUT2D eigenvalue weighted by Gasteiger charge is -2.09. The number of halogens is 2. The Hall–Kier alpha value is -1.35. The van der Waals surface area contributed by atoms with Gasteiger partial charge in [0, 0.05) is 10.5 Å². The van der Waals surface area contributed by atoms with Gasteiger partial charge < -0.3 is 4.74 Å². The van der Waals surface area contributed by atoms with Crippen LogP contribution < -0.4 is 4.74 Å². The molecule has 0 aliphatic carbocycles. The molecule has 0 aliphatic rings. The monoisotopic (exact) mass is 294 g/mol. The normalized spacial score (nSPS) is 10.4. The Balaban J connectivity index is 2.60. The van der Waals surface area contributed by atoms with Crippen molar-refractivity contribution in [1.82, 2.24) is 0 Å². The highest BCUT2D eigenvalue weighted by atomic mass is 79.9. The quantitative estimate of drug-likeness (QED) is 0.788. The molecule has 0 unspecified atom stereocenters. The molecule has 0 saturated carbocycles. The van der Waals surface area contributed by atoms with Gasteiger partial charge >= 0.3 is 0 Å². The van der Waals surface area contributed by atoms with Gasteiger partial charge in [-0.05, 0) is 41.8 Å². The molecule has 0 aliphatic heterocycles. The first-order chi connectivity index (χ1) is 8.11. The third kappa shape index (κ3) is 2.50. The Labute approximate surface area is 108 Å². The summed E-state index contributed by atoms with van der Waals surface area (Å²) < 4.78 is 19.5. The lowest BCUT2D eigenvalue weighted by molar-refractivity contribution is 0.411. The van der Waals surface area contributed by atoms with Crippen molar-refractivity contribution in [3.05, 3.63) is 52.3 Å². The maximum absolute atomic E-state index is 13.4. The van der Waals surface area contributed by atoms with Gasteiger partial charge in [0.05, 0.1) is 7.11 Å². The molecule has 0 heterocycles. The van der Waals surface area contributed by atoms with Gasteiger partial charge in [0.1, 0.15) is 11.6 Å². The number of methoxy groups -OCH3 is 1. The van der Waals surface area contributed by atoms with Crippen molar-refractivity contribution in [2.45, 2.75) is 6.92 Å². The molecule has 0 amide bonds. The third-order valence-corrected chi connectivity index (χ3v) is 3.54. The van der Waals surface area contributed by atoms with Gasteiger partial charge in [-0.25, -0.2) is 4.39 Å². The second kappa shape index (κ2) is 4.88. The zero-order chi connectivity index (χ0) is 12.4. The smallest absolute Gasteiger partial charge is 0.127 e. The Morgan fingerprint density at radius 3 is 2.65 bits per heavy atom. The van der Waals surface area contributed by atoms with Crippen molar-refractivity contribution in [2.75, 3.05) is 7.11 Å². The van der Waals surface area contributed by atoms with Gasteiger partial charge in [-0.3, -0.25) is 0 Å². The van der Waals surface area contributed by atoms with E-state index < -0.39 is 0 Å². The van der Waals surface area contributed by atoms with Crippen LogP contribution in [-0.2, 0) is 0 Å². The molecule has 0 bridgehead atoms. The predicted molar refractivity (Wildman–Crippen MR) is 70.8 cm³/mol. The lowest BCUT2D eigenvalue weighted by Crippen LogP contribution is -1.89. The summed E-state index contributed by atoms with van der Waals surface area (Å²) in [6.07, 6.45) is 0. The number of rotatable bonds is 2. The minimum atomic E-state index is -0.293. The topological polar surface area (TPSA) is 9.23 Å². The van der Waals surface area contributed by atoms with Gasteiger partial charge in [0.2, 0.25) is 0 Å². The molecule has 17 heavy (non-hydrogen) atoms. The van der Waals surface area contributed by atoms with Gasteiger partial charge in [0.15, 0.2) is 0 Å². The third-order valence-electron chi connectivity index (χ3n) is 2.69. The van der Waals surface area contributed by atoms with E-state index in [-0.39, 0.29) is 5.82 Å².